The molecule has 2 amide bonds. The van der Waals surface area contributed by atoms with Gasteiger partial charge in [0.15, 0.2) is 0 Å². The molecule has 4 aromatic rings. The summed E-state index contributed by atoms with van der Waals surface area (Å²) in [7, 11) is 0. The lowest BCUT2D eigenvalue weighted by Gasteiger charge is -2.35. The number of nitrogens with zero attached hydrogens (tertiary/aromatic N) is 3. The van der Waals surface area contributed by atoms with Crippen molar-refractivity contribution in [1.29, 1.82) is 0 Å². The predicted octanol–water partition coefficient (Wildman–Crippen LogP) is 3.45. The molecule has 2 heterocycles. The highest BCUT2D eigenvalue weighted by Crippen LogP contribution is 2.26. The summed E-state index contributed by atoms with van der Waals surface area (Å²) in [5.41, 5.74) is 0.544. The molecule has 0 radical (unpaired) electrons. The van der Waals surface area contributed by atoms with E-state index in [9.17, 15) is 18.8 Å². The number of piperazine rings is 1. The molecule has 0 aliphatic carbocycles. The maximum absolute atomic E-state index is 13.1. The summed E-state index contributed by atoms with van der Waals surface area (Å²) in [4.78, 5) is 41.1. The number of ether oxygens (including phenoxy) is 1. The second kappa shape index (κ2) is 9.38. The average Bonchev–Trinajstić information content (AvgIpc) is 2.90. The summed E-state index contributed by atoms with van der Waals surface area (Å²) in [6, 6.07) is 19.2. The highest BCUT2D eigenvalue weighted by molar-refractivity contribution is 5.96. The van der Waals surface area contributed by atoms with Crippen molar-refractivity contribution in [2.24, 2.45) is 0 Å². The van der Waals surface area contributed by atoms with E-state index in [4.69, 9.17) is 4.74 Å². The Hall–Kier alpha value is -4.53. The van der Waals surface area contributed by atoms with E-state index in [1.54, 1.807) is 58.3 Å². The van der Waals surface area contributed by atoms with Gasteiger partial charge >= 0.3 is 0 Å². The van der Waals surface area contributed by atoms with Crippen molar-refractivity contribution in [3.63, 3.8) is 0 Å². The lowest BCUT2D eigenvalue weighted by molar-refractivity contribution is 0.0535. The van der Waals surface area contributed by atoms with Crippen LogP contribution in [0.25, 0.3) is 10.8 Å². The van der Waals surface area contributed by atoms with Crippen molar-refractivity contribution in [2.45, 2.75) is 0 Å². The predicted molar refractivity (Wildman–Crippen MR) is 127 cm³/mol. The lowest BCUT2D eigenvalue weighted by atomic mass is 10.1. The third kappa shape index (κ3) is 4.61. The number of fused-ring (bicyclic) bond motifs is 1. The number of rotatable bonds is 4. The van der Waals surface area contributed by atoms with Gasteiger partial charge in [0.05, 0.1) is 10.8 Å². The summed E-state index contributed by atoms with van der Waals surface area (Å²) in [5.74, 6) is -0.118. The van der Waals surface area contributed by atoms with Crippen LogP contribution in [0.3, 0.4) is 0 Å². The van der Waals surface area contributed by atoms with Crippen LogP contribution in [0.15, 0.2) is 77.6 Å². The Morgan fingerprint density at radius 3 is 2.11 bits per heavy atom. The smallest absolute Gasteiger partial charge is 0.272 e. The third-order valence-corrected chi connectivity index (χ3v) is 5.90. The zero-order valence-electron chi connectivity index (χ0n) is 18.6. The summed E-state index contributed by atoms with van der Waals surface area (Å²) in [6.07, 6.45) is 0. The van der Waals surface area contributed by atoms with Gasteiger partial charge < -0.3 is 14.5 Å². The van der Waals surface area contributed by atoms with Gasteiger partial charge in [-0.25, -0.2) is 9.49 Å². The minimum Gasteiger partial charge on any atom is -0.437 e. The van der Waals surface area contributed by atoms with E-state index < -0.39 is 5.82 Å². The van der Waals surface area contributed by atoms with Gasteiger partial charge in [0.1, 0.15) is 11.6 Å². The van der Waals surface area contributed by atoms with Crippen LogP contribution >= 0.6 is 0 Å². The molecule has 5 rings (SSSR count). The first-order valence-corrected chi connectivity index (χ1v) is 11.1. The zero-order chi connectivity index (χ0) is 24.4. The second-order valence-corrected chi connectivity index (χ2v) is 8.12. The monoisotopic (exact) mass is 472 g/mol. The SMILES string of the molecule is O=C(c1ccc(F)cc1)N1CCN(C(=O)c2cccc(Oc3n[nH]c(=O)c4ccccc34)c2)CC1. The van der Waals surface area contributed by atoms with E-state index in [0.717, 1.165) is 0 Å². The number of aromatic nitrogens is 2. The number of nitrogens with one attached hydrogen (secondary N) is 1. The van der Waals surface area contributed by atoms with Crippen LogP contribution in [0.1, 0.15) is 20.7 Å². The molecule has 3 aromatic carbocycles. The fraction of sp³-hybridized carbons (Fsp3) is 0.154. The molecule has 0 unspecified atom stereocenters. The highest BCUT2D eigenvalue weighted by Gasteiger charge is 2.26. The van der Waals surface area contributed by atoms with Crippen molar-refractivity contribution in [3.8, 4) is 11.6 Å². The third-order valence-electron chi connectivity index (χ3n) is 5.90. The van der Waals surface area contributed by atoms with Gasteiger partial charge in [-0.1, -0.05) is 18.2 Å². The number of aromatic amines is 1. The van der Waals surface area contributed by atoms with Gasteiger partial charge in [-0.3, -0.25) is 14.4 Å². The van der Waals surface area contributed by atoms with E-state index in [0.29, 0.717) is 53.8 Å². The molecule has 1 aromatic heterocycles. The minimum absolute atomic E-state index is 0.177. The van der Waals surface area contributed by atoms with Gasteiger partial charge in [-0.05, 0) is 54.6 Å². The van der Waals surface area contributed by atoms with Gasteiger partial charge in [0.2, 0.25) is 5.88 Å². The summed E-state index contributed by atoms with van der Waals surface area (Å²) < 4.78 is 19.0. The quantitative estimate of drug-likeness (QED) is 0.491. The fourth-order valence-corrected chi connectivity index (χ4v) is 4.04. The van der Waals surface area contributed by atoms with Crippen LogP contribution in [-0.2, 0) is 0 Å². The Kier molecular flexibility index (Phi) is 5.97. The van der Waals surface area contributed by atoms with Crippen molar-refractivity contribution in [1.82, 2.24) is 20.0 Å². The molecule has 0 spiro atoms. The highest BCUT2D eigenvalue weighted by atomic mass is 19.1. The maximum Gasteiger partial charge on any atom is 0.272 e. The molecule has 1 fully saturated rings. The number of hydrogen-bond acceptors (Lipinski definition) is 5. The van der Waals surface area contributed by atoms with Crippen molar-refractivity contribution < 1.29 is 18.7 Å². The Morgan fingerprint density at radius 2 is 1.43 bits per heavy atom. The topological polar surface area (TPSA) is 95.6 Å². The van der Waals surface area contributed by atoms with Crippen molar-refractivity contribution >= 4 is 22.6 Å². The van der Waals surface area contributed by atoms with Crippen LogP contribution in [0, 0.1) is 5.82 Å². The molecule has 1 aliphatic rings. The van der Waals surface area contributed by atoms with E-state index in [-0.39, 0.29) is 23.3 Å². The average molecular weight is 472 g/mol. The Morgan fingerprint density at radius 1 is 0.800 bits per heavy atom. The molecular formula is C26H21FN4O4. The van der Waals surface area contributed by atoms with E-state index in [1.807, 2.05) is 0 Å². The number of carbonyl (C=O) groups is 2. The zero-order valence-corrected chi connectivity index (χ0v) is 18.6. The molecule has 1 N–H and O–H groups in total. The first-order chi connectivity index (χ1) is 17.0. The number of H-pyrrole nitrogens is 1. The Bertz CT molecular complexity index is 1460. The van der Waals surface area contributed by atoms with Crippen LogP contribution in [0.2, 0.25) is 0 Å². The number of benzene rings is 3. The summed E-state index contributed by atoms with van der Waals surface area (Å²) in [5, 5.41) is 7.45. The lowest BCUT2D eigenvalue weighted by Crippen LogP contribution is -2.50. The molecule has 0 bridgehead atoms. The number of amides is 2. The van der Waals surface area contributed by atoms with Gasteiger partial charge in [-0.2, -0.15) is 0 Å². The Labute approximate surface area is 199 Å². The molecule has 8 nitrogen and oxygen atoms in total. The molecule has 176 valence electrons. The van der Waals surface area contributed by atoms with Crippen molar-refractivity contribution in [3.05, 3.63) is 100 Å². The molecular weight excluding hydrogens is 451 g/mol. The number of halogens is 1. The largest absolute Gasteiger partial charge is 0.437 e. The molecule has 35 heavy (non-hydrogen) atoms. The number of carbonyl (C=O) groups excluding carboxylic acids is 2. The Balaban J connectivity index is 1.27. The van der Waals surface area contributed by atoms with Crippen LogP contribution in [-0.4, -0.2) is 58.0 Å². The van der Waals surface area contributed by atoms with Gasteiger partial charge in [-0.15, -0.1) is 5.10 Å². The van der Waals surface area contributed by atoms with E-state index in [2.05, 4.69) is 10.2 Å². The molecule has 0 saturated carbocycles. The molecule has 1 saturated heterocycles. The number of hydrogen-bond donors (Lipinski definition) is 1. The van der Waals surface area contributed by atoms with E-state index >= 15 is 0 Å². The van der Waals surface area contributed by atoms with Crippen LogP contribution < -0.4 is 10.3 Å². The van der Waals surface area contributed by atoms with Crippen molar-refractivity contribution in [2.75, 3.05) is 26.2 Å². The standard InChI is InChI=1S/C26H21FN4O4/c27-19-10-8-17(9-11-19)25(33)30-12-14-31(15-13-30)26(34)18-4-3-5-20(16-18)35-24-22-7-2-1-6-21(22)23(32)28-29-24/h1-11,16H,12-15H2,(H,28,32). The molecule has 9 heteroatoms. The maximum atomic E-state index is 13.1. The second-order valence-electron chi connectivity index (χ2n) is 8.12. The first kappa shape index (κ1) is 22.3. The minimum atomic E-state index is -0.396. The molecule has 1 aliphatic heterocycles. The van der Waals surface area contributed by atoms with Crippen LogP contribution in [0.5, 0.6) is 11.6 Å². The normalized spacial score (nSPS) is 13.6. The summed E-state index contributed by atoms with van der Waals surface area (Å²) >= 11 is 0. The van der Waals surface area contributed by atoms with E-state index in [1.165, 1.54) is 24.3 Å². The van der Waals surface area contributed by atoms with Gasteiger partial charge in [0, 0.05) is 37.3 Å². The van der Waals surface area contributed by atoms with Crippen LogP contribution in [0.4, 0.5) is 4.39 Å². The molecule has 0 atom stereocenters. The summed E-state index contributed by atoms with van der Waals surface area (Å²) in [6.45, 7) is 1.52. The van der Waals surface area contributed by atoms with Gasteiger partial charge in [0.25, 0.3) is 17.4 Å². The fourth-order valence-electron chi connectivity index (χ4n) is 4.04. The first-order valence-electron chi connectivity index (χ1n) is 11.1.